The maximum atomic E-state index is 5.32. The van der Waals surface area contributed by atoms with Crippen molar-refractivity contribution in [2.45, 2.75) is 3.92 Å². The molecular formula is CH11Cl3N10. The van der Waals surface area contributed by atoms with E-state index in [1.807, 2.05) is 0 Å². The van der Waals surface area contributed by atoms with Crippen LogP contribution in [0, 0.1) is 0 Å². The van der Waals surface area contributed by atoms with Crippen LogP contribution >= 0.6 is 34.8 Å². The van der Waals surface area contributed by atoms with Gasteiger partial charge in [0.15, 0.2) is 0 Å². The molecule has 86 valence electrons. The minimum atomic E-state index is -1.61. The average Bonchev–Trinajstić information content (AvgIpc) is 2.08. The highest BCUT2D eigenvalue weighted by Crippen LogP contribution is 2.19. The van der Waals surface area contributed by atoms with E-state index in [0.29, 0.717) is 0 Å². The van der Waals surface area contributed by atoms with Crippen molar-refractivity contribution in [3.05, 3.63) is 0 Å². The van der Waals surface area contributed by atoms with Crippen molar-refractivity contribution >= 4 is 34.8 Å². The lowest BCUT2D eigenvalue weighted by Crippen LogP contribution is -2.65. The van der Waals surface area contributed by atoms with Crippen LogP contribution in [0.15, 0.2) is 0 Å². The Kier molecular flexibility index (Phi) is 9.05. The minimum absolute atomic E-state index is 1.61. The Morgan fingerprint density at radius 3 is 1.57 bits per heavy atom. The summed E-state index contributed by atoms with van der Waals surface area (Å²) in [7, 11) is 0. The molecule has 0 aliphatic heterocycles. The number of hydrazine groups is 9. The molecule has 0 bridgehead atoms. The molecule has 0 aromatic heterocycles. The summed E-state index contributed by atoms with van der Waals surface area (Å²) >= 11 is 16.0. The molecule has 0 saturated heterocycles. The Labute approximate surface area is 94.7 Å². The molecule has 0 radical (unpaired) electrons. The van der Waals surface area contributed by atoms with Crippen molar-refractivity contribution < 1.29 is 0 Å². The van der Waals surface area contributed by atoms with Crippen LogP contribution in [0.2, 0.25) is 0 Å². The molecule has 0 saturated carbocycles. The summed E-state index contributed by atoms with van der Waals surface area (Å²) in [5, 5.41) is 0. The predicted molar refractivity (Wildman–Crippen MR) is 52.7 cm³/mol. The van der Waals surface area contributed by atoms with E-state index in [4.69, 9.17) is 40.6 Å². The quantitative estimate of drug-likeness (QED) is 0.0722. The zero-order valence-corrected chi connectivity index (χ0v) is 8.98. The Bertz CT molecular complexity index is 123. The van der Waals surface area contributed by atoms with Gasteiger partial charge in [-0.1, -0.05) is 34.8 Å². The zero-order chi connectivity index (χ0) is 10.9. The van der Waals surface area contributed by atoms with E-state index in [2.05, 4.69) is 49.7 Å². The fraction of sp³-hybridized carbons (Fsp3) is 1.00. The maximum absolute atomic E-state index is 5.32. The second-order valence-electron chi connectivity index (χ2n) is 1.64. The second kappa shape index (κ2) is 8.75. The highest BCUT2D eigenvalue weighted by molar-refractivity contribution is 6.67. The van der Waals surface area contributed by atoms with E-state index in [9.17, 15) is 0 Å². The van der Waals surface area contributed by atoms with Crippen LogP contribution in [0.4, 0.5) is 0 Å². The summed E-state index contributed by atoms with van der Waals surface area (Å²) in [6.45, 7) is 0. The number of alkyl halides is 3. The lowest BCUT2D eigenvalue weighted by molar-refractivity contribution is 0.243. The highest BCUT2D eigenvalue weighted by atomic mass is 35.6. The number of nitrogens with one attached hydrogen (secondary N) is 9. The van der Waals surface area contributed by atoms with Gasteiger partial charge in [0.25, 0.3) is 3.92 Å². The van der Waals surface area contributed by atoms with Crippen molar-refractivity contribution in [1.29, 1.82) is 0 Å². The van der Waals surface area contributed by atoms with E-state index in [1.165, 1.54) is 0 Å². The Hall–Kier alpha value is 0.470. The first-order chi connectivity index (χ1) is 6.56. The summed E-state index contributed by atoms with van der Waals surface area (Å²) < 4.78 is -1.61. The molecule has 11 N–H and O–H groups in total. The third kappa shape index (κ3) is 12.5. The summed E-state index contributed by atoms with van der Waals surface area (Å²) in [6.07, 6.45) is 0. The molecule has 0 aromatic rings. The van der Waals surface area contributed by atoms with Crippen molar-refractivity contribution in [1.82, 2.24) is 49.7 Å². The Balaban J connectivity index is 2.99. The van der Waals surface area contributed by atoms with Gasteiger partial charge in [-0.05, 0) is 0 Å². The molecule has 10 nitrogen and oxygen atoms in total. The SMILES string of the molecule is NNNNNNNNNNC(Cl)(Cl)Cl. The highest BCUT2D eigenvalue weighted by Gasteiger charge is 2.17. The third-order valence-electron chi connectivity index (χ3n) is 0.651. The largest absolute Gasteiger partial charge is 0.258 e. The molecule has 0 aromatic carbocycles. The van der Waals surface area contributed by atoms with Gasteiger partial charge in [0.2, 0.25) is 0 Å². The van der Waals surface area contributed by atoms with E-state index in [0.717, 1.165) is 0 Å². The molecule has 0 spiro atoms. The van der Waals surface area contributed by atoms with E-state index >= 15 is 0 Å². The van der Waals surface area contributed by atoms with Gasteiger partial charge in [-0.3, -0.25) is 5.84 Å². The van der Waals surface area contributed by atoms with Crippen molar-refractivity contribution in [3.63, 3.8) is 0 Å². The molecule has 0 aliphatic carbocycles. The van der Waals surface area contributed by atoms with Crippen LogP contribution in [0.1, 0.15) is 0 Å². The Morgan fingerprint density at radius 2 is 1.14 bits per heavy atom. The summed E-state index contributed by atoms with van der Waals surface area (Å²) in [5.41, 5.74) is 20.9. The maximum Gasteiger partial charge on any atom is 0.258 e. The van der Waals surface area contributed by atoms with Crippen molar-refractivity contribution in [3.8, 4) is 0 Å². The van der Waals surface area contributed by atoms with Crippen LogP contribution in [0.5, 0.6) is 0 Å². The molecule has 0 unspecified atom stereocenters. The molecule has 0 amide bonds. The second-order valence-corrected chi connectivity index (χ2v) is 3.92. The fourth-order valence-corrected chi connectivity index (χ4v) is 0.436. The first-order valence-electron chi connectivity index (χ1n) is 3.11. The van der Waals surface area contributed by atoms with Gasteiger partial charge in [0, 0.05) is 0 Å². The standard InChI is InChI=1S/CH11Cl3N10/c2-1(3,4)6-8-10-12-14-13-11-9-7-5/h6-14H,5H2. The van der Waals surface area contributed by atoms with Gasteiger partial charge in [-0.2, -0.15) is 49.7 Å². The smallest absolute Gasteiger partial charge is 0.257 e. The lowest BCUT2D eigenvalue weighted by Gasteiger charge is -2.15. The molecule has 0 rings (SSSR count). The van der Waals surface area contributed by atoms with Gasteiger partial charge < -0.3 is 0 Å². The topological polar surface area (TPSA) is 134 Å². The van der Waals surface area contributed by atoms with Crippen LogP contribution in [0.25, 0.3) is 0 Å². The monoisotopic (exact) mass is 268 g/mol. The van der Waals surface area contributed by atoms with Gasteiger partial charge in [0.1, 0.15) is 0 Å². The van der Waals surface area contributed by atoms with Gasteiger partial charge in [-0.25, -0.2) is 0 Å². The first-order valence-corrected chi connectivity index (χ1v) is 4.24. The molecule has 13 heteroatoms. The van der Waals surface area contributed by atoms with Crippen molar-refractivity contribution in [2.75, 3.05) is 0 Å². The number of hydrogen-bond donors (Lipinski definition) is 10. The molecule has 0 atom stereocenters. The Morgan fingerprint density at radius 1 is 0.714 bits per heavy atom. The van der Waals surface area contributed by atoms with Crippen LogP contribution in [0.3, 0.4) is 0 Å². The first kappa shape index (κ1) is 14.5. The van der Waals surface area contributed by atoms with Gasteiger partial charge in [0.05, 0.1) is 0 Å². The van der Waals surface area contributed by atoms with Crippen LogP contribution in [-0.4, -0.2) is 3.92 Å². The van der Waals surface area contributed by atoms with Crippen LogP contribution in [-0.2, 0) is 0 Å². The molecular weight excluding hydrogens is 258 g/mol. The summed E-state index contributed by atoms with van der Waals surface area (Å²) in [6, 6.07) is 0. The molecule has 14 heavy (non-hydrogen) atoms. The van der Waals surface area contributed by atoms with E-state index in [1.54, 1.807) is 0 Å². The lowest BCUT2D eigenvalue weighted by atomic mass is 11.4. The minimum Gasteiger partial charge on any atom is -0.257 e. The average molecular weight is 270 g/mol. The number of rotatable bonds is 8. The van der Waals surface area contributed by atoms with Crippen LogP contribution < -0.4 is 55.5 Å². The van der Waals surface area contributed by atoms with Crippen molar-refractivity contribution in [2.24, 2.45) is 5.84 Å². The van der Waals surface area contributed by atoms with E-state index < -0.39 is 3.92 Å². The van der Waals surface area contributed by atoms with Gasteiger partial charge in [-0.15, -0.1) is 0 Å². The molecule has 0 heterocycles. The summed E-state index contributed by atoms with van der Waals surface area (Å²) in [4.78, 5) is 0. The fourth-order valence-electron chi connectivity index (χ4n) is 0.294. The van der Waals surface area contributed by atoms with E-state index in [-0.39, 0.29) is 0 Å². The van der Waals surface area contributed by atoms with Gasteiger partial charge >= 0.3 is 0 Å². The normalized spacial score (nSPS) is 12.0. The zero-order valence-electron chi connectivity index (χ0n) is 6.71. The molecule has 0 aliphatic rings. The summed E-state index contributed by atoms with van der Waals surface area (Å²) in [5.74, 6) is 4.85. The predicted octanol–water partition coefficient (Wildman–Crippen LogP) is -3.19. The number of halogens is 3. The number of nitrogens with two attached hydrogens (primary N) is 1. The molecule has 0 fully saturated rings. The third-order valence-corrected chi connectivity index (χ3v) is 0.935. The number of hydrogen-bond acceptors (Lipinski definition) is 10.